The van der Waals surface area contributed by atoms with Crippen molar-refractivity contribution in [2.24, 2.45) is 22.7 Å². The molecule has 3 saturated carbocycles. The number of ether oxygens (including phenoxy) is 2. The Morgan fingerprint density at radius 1 is 1.03 bits per heavy atom. The van der Waals surface area contributed by atoms with Gasteiger partial charge in [-0.05, 0) is 68.3 Å². The Kier molecular flexibility index (Phi) is 7.03. The van der Waals surface area contributed by atoms with Gasteiger partial charge < -0.3 is 19.7 Å². The fraction of sp³-hybridized carbons (Fsp3) is 0.667. The maximum atomic E-state index is 13.0. The highest BCUT2D eigenvalue weighted by Crippen LogP contribution is 2.66. The molecular weight excluding hydrogens is 502 g/mol. The van der Waals surface area contributed by atoms with Gasteiger partial charge in [-0.1, -0.05) is 43.2 Å². The van der Waals surface area contributed by atoms with Crippen LogP contribution < -0.4 is 9.47 Å². The van der Waals surface area contributed by atoms with E-state index in [1.807, 2.05) is 6.07 Å². The standard InChI is InChI=1S/C30H43NO6S/c1-28-13-10-22(32)16-21(28)7-9-24-25(28)11-14-29(2)26(24)12-15-30(29,33)19-31(38(5,34)35)18-20-6-8-23(36-3)17-27(20)37-4/h6-9,17,22,25-26,32-33H,10-16,18-19H2,1-5H3/t22-,25-,26-,28-,29-,30+/m0/s1. The number of hydrogen-bond donors (Lipinski definition) is 2. The Morgan fingerprint density at radius 2 is 1.76 bits per heavy atom. The molecule has 3 fully saturated rings. The van der Waals surface area contributed by atoms with E-state index in [1.165, 1.54) is 21.7 Å². The van der Waals surface area contributed by atoms with Crippen LogP contribution in [0.5, 0.6) is 11.5 Å². The molecule has 1 aromatic carbocycles. The number of allylic oxidation sites excluding steroid dienone is 3. The number of fused-ring (bicyclic) bond motifs is 5. The molecular formula is C30H43NO6S. The highest BCUT2D eigenvalue weighted by atomic mass is 32.2. The summed E-state index contributed by atoms with van der Waals surface area (Å²) < 4.78 is 38.3. The van der Waals surface area contributed by atoms with Crippen LogP contribution in [0, 0.1) is 22.7 Å². The second-order valence-electron chi connectivity index (χ2n) is 12.5. The van der Waals surface area contributed by atoms with Crippen molar-refractivity contribution in [3.05, 3.63) is 47.1 Å². The molecule has 0 aromatic heterocycles. The van der Waals surface area contributed by atoms with Crippen LogP contribution in [-0.4, -0.2) is 61.7 Å². The van der Waals surface area contributed by atoms with Gasteiger partial charge in [0.15, 0.2) is 0 Å². The number of hydrogen-bond acceptors (Lipinski definition) is 6. The van der Waals surface area contributed by atoms with Crippen LogP contribution in [0.25, 0.3) is 0 Å². The van der Waals surface area contributed by atoms with E-state index < -0.39 is 21.0 Å². The number of sulfonamides is 1. The molecule has 0 bridgehead atoms. The fourth-order valence-electron chi connectivity index (χ4n) is 8.11. The highest BCUT2D eigenvalue weighted by molar-refractivity contribution is 7.88. The summed E-state index contributed by atoms with van der Waals surface area (Å²) in [7, 11) is -0.473. The summed E-state index contributed by atoms with van der Waals surface area (Å²) in [6, 6.07) is 5.37. The SMILES string of the molecule is COc1ccc(CN(C[C@]2(O)CC[C@H]3C4=CC=C5C[C@@H](O)CC[C@]5(C)[C@H]4CC[C@@]32C)S(C)(=O)=O)c(OC)c1. The van der Waals surface area contributed by atoms with E-state index in [2.05, 4.69) is 26.0 Å². The minimum Gasteiger partial charge on any atom is -0.497 e. The van der Waals surface area contributed by atoms with Gasteiger partial charge in [-0.3, -0.25) is 0 Å². The molecule has 0 amide bonds. The predicted molar refractivity (Wildman–Crippen MR) is 147 cm³/mol. The van der Waals surface area contributed by atoms with Gasteiger partial charge in [-0.25, -0.2) is 8.42 Å². The lowest BCUT2D eigenvalue weighted by molar-refractivity contribution is -0.0933. The summed E-state index contributed by atoms with van der Waals surface area (Å²) in [5, 5.41) is 22.5. The number of nitrogens with zero attached hydrogens (tertiary/aromatic N) is 1. The molecule has 0 unspecified atom stereocenters. The lowest BCUT2D eigenvalue weighted by Gasteiger charge is -2.56. The van der Waals surface area contributed by atoms with Crippen molar-refractivity contribution in [3.63, 3.8) is 0 Å². The maximum Gasteiger partial charge on any atom is 0.211 e. The van der Waals surface area contributed by atoms with Gasteiger partial charge >= 0.3 is 0 Å². The number of methoxy groups -OCH3 is 2. The number of aliphatic hydroxyl groups is 2. The normalized spacial score (nSPS) is 36.6. The van der Waals surface area contributed by atoms with Crippen molar-refractivity contribution in [2.75, 3.05) is 27.0 Å². The second kappa shape index (κ2) is 9.65. The molecule has 0 heterocycles. The zero-order valence-electron chi connectivity index (χ0n) is 23.4. The number of rotatable bonds is 7. The summed E-state index contributed by atoms with van der Waals surface area (Å²) in [4.78, 5) is 0. The van der Waals surface area contributed by atoms with E-state index in [4.69, 9.17) is 9.47 Å². The van der Waals surface area contributed by atoms with Crippen molar-refractivity contribution < 1.29 is 28.1 Å². The number of aliphatic hydroxyl groups excluding tert-OH is 1. The molecule has 4 aliphatic rings. The van der Waals surface area contributed by atoms with Gasteiger partial charge in [0.2, 0.25) is 10.0 Å². The Labute approximate surface area is 227 Å². The quantitative estimate of drug-likeness (QED) is 0.526. The minimum atomic E-state index is -3.61. The van der Waals surface area contributed by atoms with E-state index in [0.29, 0.717) is 23.8 Å². The molecule has 0 radical (unpaired) electrons. The third kappa shape index (κ3) is 4.41. The smallest absolute Gasteiger partial charge is 0.211 e. The van der Waals surface area contributed by atoms with Crippen LogP contribution >= 0.6 is 0 Å². The first-order valence-electron chi connectivity index (χ1n) is 13.8. The summed E-state index contributed by atoms with van der Waals surface area (Å²) in [6.07, 6.45) is 11.3. The first-order chi connectivity index (χ1) is 17.8. The van der Waals surface area contributed by atoms with Crippen molar-refractivity contribution >= 4 is 10.0 Å². The Morgan fingerprint density at radius 3 is 2.45 bits per heavy atom. The molecule has 7 nitrogen and oxygen atoms in total. The van der Waals surface area contributed by atoms with Gasteiger partial charge in [-0.15, -0.1) is 0 Å². The van der Waals surface area contributed by atoms with Crippen LogP contribution in [0.15, 0.2) is 41.5 Å². The zero-order chi connectivity index (χ0) is 27.5. The predicted octanol–water partition coefficient (Wildman–Crippen LogP) is 4.44. The molecule has 0 spiro atoms. The average Bonchev–Trinajstić information content (AvgIpc) is 3.14. The molecule has 38 heavy (non-hydrogen) atoms. The topological polar surface area (TPSA) is 96.3 Å². The molecule has 210 valence electrons. The summed E-state index contributed by atoms with van der Waals surface area (Å²) in [6.45, 7) is 4.70. The van der Waals surface area contributed by atoms with E-state index in [0.717, 1.165) is 44.1 Å². The summed E-state index contributed by atoms with van der Waals surface area (Å²) >= 11 is 0. The third-order valence-corrected chi connectivity index (χ3v) is 11.8. The van der Waals surface area contributed by atoms with Crippen molar-refractivity contribution in [1.29, 1.82) is 0 Å². The summed E-state index contributed by atoms with van der Waals surface area (Å²) in [5.74, 6) is 1.83. The van der Waals surface area contributed by atoms with Crippen LogP contribution in [0.4, 0.5) is 0 Å². The maximum absolute atomic E-state index is 13.0. The van der Waals surface area contributed by atoms with Gasteiger partial charge in [0.1, 0.15) is 11.5 Å². The molecule has 0 aliphatic heterocycles. The van der Waals surface area contributed by atoms with Gasteiger partial charge in [0, 0.05) is 30.1 Å². The van der Waals surface area contributed by atoms with E-state index in [9.17, 15) is 18.6 Å². The average molecular weight is 546 g/mol. The first kappa shape index (κ1) is 27.7. The van der Waals surface area contributed by atoms with E-state index in [1.54, 1.807) is 26.4 Å². The highest BCUT2D eigenvalue weighted by Gasteiger charge is 2.62. The molecule has 2 N–H and O–H groups in total. The van der Waals surface area contributed by atoms with Crippen LogP contribution in [-0.2, 0) is 16.6 Å². The molecule has 8 heteroatoms. The van der Waals surface area contributed by atoms with E-state index in [-0.39, 0.29) is 30.5 Å². The largest absolute Gasteiger partial charge is 0.497 e. The molecule has 6 atom stereocenters. The van der Waals surface area contributed by atoms with Gasteiger partial charge in [0.25, 0.3) is 0 Å². The fourth-order valence-corrected chi connectivity index (χ4v) is 8.93. The Bertz CT molecular complexity index is 1260. The van der Waals surface area contributed by atoms with Crippen molar-refractivity contribution in [3.8, 4) is 11.5 Å². The first-order valence-corrected chi connectivity index (χ1v) is 15.7. The zero-order valence-corrected chi connectivity index (χ0v) is 24.2. The van der Waals surface area contributed by atoms with E-state index >= 15 is 0 Å². The second-order valence-corrected chi connectivity index (χ2v) is 14.5. The van der Waals surface area contributed by atoms with Crippen LogP contribution in [0.3, 0.4) is 0 Å². The molecule has 5 rings (SSSR count). The van der Waals surface area contributed by atoms with Gasteiger partial charge in [-0.2, -0.15) is 4.31 Å². The van der Waals surface area contributed by atoms with Crippen molar-refractivity contribution in [2.45, 2.75) is 77.0 Å². The van der Waals surface area contributed by atoms with Gasteiger partial charge in [0.05, 0.1) is 32.2 Å². The Balaban J connectivity index is 1.43. The van der Waals surface area contributed by atoms with Crippen LogP contribution in [0.1, 0.15) is 64.4 Å². The van der Waals surface area contributed by atoms with Crippen LogP contribution in [0.2, 0.25) is 0 Å². The third-order valence-electron chi connectivity index (χ3n) is 10.6. The Hall–Kier alpha value is -1.87. The monoisotopic (exact) mass is 545 g/mol. The number of benzene rings is 1. The molecule has 0 saturated heterocycles. The summed E-state index contributed by atoms with van der Waals surface area (Å²) in [5.41, 5.74) is 2.01. The lowest BCUT2D eigenvalue weighted by atomic mass is 9.50. The minimum absolute atomic E-state index is 0.0521. The molecule has 4 aliphatic carbocycles. The molecule has 1 aromatic rings. The van der Waals surface area contributed by atoms with Crippen molar-refractivity contribution in [1.82, 2.24) is 4.31 Å². The lowest BCUT2D eigenvalue weighted by Crippen LogP contribution is -2.56.